The van der Waals surface area contributed by atoms with Crippen LogP contribution in [-0.4, -0.2) is 40.5 Å². The Morgan fingerprint density at radius 3 is 2.53 bits per heavy atom. The fraction of sp³-hybridized carbons (Fsp3) is 0.407. The zero-order valence-corrected chi connectivity index (χ0v) is 21.2. The summed E-state index contributed by atoms with van der Waals surface area (Å²) < 4.78 is 40.9. The molecule has 192 valence electrons. The molecular formula is C27H32F2N4O3. The molecule has 1 heterocycles. The molecular weight excluding hydrogens is 466 g/mol. The minimum absolute atomic E-state index is 0.160. The molecule has 0 aliphatic heterocycles. The number of alkyl halides is 2. The molecule has 0 aliphatic carbocycles. The third-order valence-corrected chi connectivity index (χ3v) is 5.72. The molecule has 4 N–H and O–H groups in total. The van der Waals surface area contributed by atoms with E-state index in [1.807, 2.05) is 6.92 Å². The molecule has 0 fully saturated rings. The van der Waals surface area contributed by atoms with Crippen molar-refractivity contribution < 1.29 is 23.4 Å². The summed E-state index contributed by atoms with van der Waals surface area (Å²) in [5.74, 6) is 0.599. The van der Waals surface area contributed by atoms with Gasteiger partial charge < -0.3 is 25.6 Å². The molecule has 0 saturated carbocycles. The molecule has 36 heavy (non-hydrogen) atoms. The number of nitrogens with zero attached hydrogens (tertiary/aromatic N) is 2. The Labute approximate surface area is 210 Å². The van der Waals surface area contributed by atoms with Crippen molar-refractivity contribution in [3.05, 3.63) is 52.8 Å². The number of ether oxygens (including phenoxy) is 2. The van der Waals surface area contributed by atoms with Gasteiger partial charge in [0.2, 0.25) is 0 Å². The third kappa shape index (κ3) is 5.83. The fourth-order valence-electron chi connectivity index (χ4n) is 3.72. The van der Waals surface area contributed by atoms with E-state index >= 15 is 0 Å². The minimum Gasteiger partial charge on any atom is -0.490 e. The van der Waals surface area contributed by atoms with E-state index in [9.17, 15) is 13.9 Å². The van der Waals surface area contributed by atoms with Gasteiger partial charge >= 0.3 is 5.92 Å². The van der Waals surface area contributed by atoms with Crippen molar-refractivity contribution in [3.63, 3.8) is 0 Å². The number of anilines is 2. The van der Waals surface area contributed by atoms with Crippen molar-refractivity contribution >= 4 is 22.4 Å². The quantitative estimate of drug-likeness (QED) is 0.206. The maximum absolute atomic E-state index is 14.9. The van der Waals surface area contributed by atoms with Crippen molar-refractivity contribution in [2.45, 2.75) is 52.2 Å². The van der Waals surface area contributed by atoms with E-state index in [1.165, 1.54) is 12.1 Å². The normalized spacial score (nSPS) is 12.9. The number of hydrogen-bond donors (Lipinski definition) is 3. The van der Waals surface area contributed by atoms with Crippen molar-refractivity contribution in [2.75, 3.05) is 30.9 Å². The first-order chi connectivity index (χ1) is 16.9. The number of aryl methyl sites for hydroxylation is 1. The first-order valence-corrected chi connectivity index (χ1v) is 11.6. The predicted octanol–water partition coefficient (Wildman–Crippen LogP) is 4.95. The molecule has 3 aromatic rings. The molecule has 9 heteroatoms. The molecule has 0 amide bonds. The lowest BCUT2D eigenvalue weighted by atomic mass is 9.91. The number of nitrogen functional groups attached to an aromatic ring is 1. The number of nitrogens with one attached hydrogen (secondary N) is 1. The van der Waals surface area contributed by atoms with Gasteiger partial charge in [0.15, 0.2) is 0 Å². The average Bonchev–Trinajstić information content (AvgIpc) is 2.80. The molecule has 1 atom stereocenters. The number of hydrogen-bond acceptors (Lipinski definition) is 7. The second-order valence-corrected chi connectivity index (χ2v) is 9.06. The number of halogens is 2. The second kappa shape index (κ2) is 10.6. The summed E-state index contributed by atoms with van der Waals surface area (Å²) in [6, 6.07) is 7.16. The Morgan fingerprint density at radius 1 is 1.17 bits per heavy atom. The van der Waals surface area contributed by atoms with Gasteiger partial charge in [-0.25, -0.2) is 9.97 Å². The van der Waals surface area contributed by atoms with E-state index in [1.54, 1.807) is 32.0 Å². The summed E-state index contributed by atoms with van der Waals surface area (Å²) in [5, 5.41) is 13.9. The van der Waals surface area contributed by atoms with Gasteiger partial charge in [0.1, 0.15) is 29.6 Å². The van der Waals surface area contributed by atoms with Gasteiger partial charge in [0.05, 0.1) is 23.7 Å². The number of fused-ring (bicyclic) bond motifs is 1. The Morgan fingerprint density at radius 2 is 1.89 bits per heavy atom. The highest BCUT2D eigenvalue weighted by atomic mass is 19.3. The summed E-state index contributed by atoms with van der Waals surface area (Å²) in [5.41, 5.74) is 5.15. The lowest BCUT2D eigenvalue weighted by Gasteiger charge is -2.30. The van der Waals surface area contributed by atoms with Crippen molar-refractivity contribution in [2.24, 2.45) is 0 Å². The summed E-state index contributed by atoms with van der Waals surface area (Å²) in [4.78, 5) is 9.02. The summed E-state index contributed by atoms with van der Waals surface area (Å²) >= 11 is 0. The van der Waals surface area contributed by atoms with Crippen LogP contribution in [-0.2, 0) is 10.7 Å². The zero-order chi connectivity index (χ0) is 26.7. The summed E-state index contributed by atoms with van der Waals surface area (Å²) in [7, 11) is 0. The lowest BCUT2D eigenvalue weighted by molar-refractivity contribution is -0.168. The third-order valence-electron chi connectivity index (χ3n) is 5.72. The van der Waals surface area contributed by atoms with E-state index in [4.69, 9.17) is 21.6 Å². The van der Waals surface area contributed by atoms with Crippen LogP contribution < -0.4 is 15.8 Å². The Balaban J connectivity index is 2.00. The zero-order valence-electron chi connectivity index (χ0n) is 21.2. The van der Waals surface area contributed by atoms with Crippen molar-refractivity contribution in [3.8, 4) is 18.1 Å². The summed E-state index contributed by atoms with van der Waals surface area (Å²) in [6.07, 6.45) is 5.69. The first-order valence-electron chi connectivity index (χ1n) is 11.6. The van der Waals surface area contributed by atoms with E-state index < -0.39 is 17.6 Å². The fourth-order valence-corrected chi connectivity index (χ4v) is 3.72. The number of terminal acetylenes is 1. The van der Waals surface area contributed by atoms with Crippen LogP contribution in [0.4, 0.5) is 20.3 Å². The number of benzene rings is 2. The first kappa shape index (κ1) is 27.1. The monoisotopic (exact) mass is 498 g/mol. The highest BCUT2D eigenvalue weighted by Crippen LogP contribution is 2.40. The standard InChI is InChI=1S/C27H32F2N4O3/c1-7-18-13-23-22(15-24(18)36-10-9-35-8-2)25(33-17(4)32-23)31-16(3)19-11-20(14-21(30)12-19)27(28,29)26(5,6)34/h1,11-16,34H,8-10,30H2,2-6H3,(H,31,32,33)/t16-/m1/s1. The topological polar surface area (TPSA) is 103 Å². The number of nitrogens with two attached hydrogens (primary N) is 1. The van der Waals surface area contributed by atoms with Crippen LogP contribution in [0.5, 0.6) is 5.75 Å². The number of aromatic nitrogens is 2. The van der Waals surface area contributed by atoms with Gasteiger partial charge in [0.25, 0.3) is 0 Å². The van der Waals surface area contributed by atoms with Crippen molar-refractivity contribution in [1.29, 1.82) is 0 Å². The maximum atomic E-state index is 14.9. The van der Waals surface area contributed by atoms with Gasteiger partial charge in [0, 0.05) is 23.2 Å². The van der Waals surface area contributed by atoms with E-state index in [2.05, 4.69) is 21.2 Å². The highest BCUT2D eigenvalue weighted by Gasteiger charge is 2.47. The lowest BCUT2D eigenvalue weighted by Crippen LogP contribution is -2.40. The van der Waals surface area contributed by atoms with Crippen LogP contribution in [0, 0.1) is 19.3 Å². The van der Waals surface area contributed by atoms with E-state index in [-0.39, 0.29) is 11.3 Å². The predicted molar refractivity (Wildman–Crippen MR) is 137 cm³/mol. The molecule has 0 bridgehead atoms. The van der Waals surface area contributed by atoms with Crippen LogP contribution in [0.15, 0.2) is 30.3 Å². The molecule has 0 spiro atoms. The molecule has 3 rings (SSSR count). The molecule has 0 aliphatic rings. The molecule has 0 radical (unpaired) electrons. The molecule has 7 nitrogen and oxygen atoms in total. The molecule has 0 saturated heterocycles. The second-order valence-electron chi connectivity index (χ2n) is 9.06. The van der Waals surface area contributed by atoms with E-state index in [0.717, 1.165) is 13.8 Å². The SMILES string of the molecule is C#Cc1cc2nc(C)nc(N[C@H](C)c3cc(N)cc(C(F)(F)C(C)(C)O)c3)c2cc1OCCOCC. The Hall–Kier alpha value is -3.48. The van der Waals surface area contributed by atoms with Crippen LogP contribution in [0.2, 0.25) is 0 Å². The largest absolute Gasteiger partial charge is 0.490 e. The molecule has 0 unspecified atom stereocenters. The van der Waals surface area contributed by atoms with Gasteiger partial charge in [-0.05, 0) is 70.5 Å². The van der Waals surface area contributed by atoms with Crippen LogP contribution in [0.25, 0.3) is 10.9 Å². The van der Waals surface area contributed by atoms with Gasteiger partial charge in [-0.15, -0.1) is 6.42 Å². The van der Waals surface area contributed by atoms with Crippen molar-refractivity contribution in [1.82, 2.24) is 9.97 Å². The van der Waals surface area contributed by atoms with Crippen LogP contribution in [0.1, 0.15) is 56.3 Å². The van der Waals surface area contributed by atoms with Gasteiger partial charge in [-0.3, -0.25) is 0 Å². The molecule has 1 aromatic heterocycles. The Kier molecular flexibility index (Phi) is 8.02. The average molecular weight is 499 g/mol. The smallest absolute Gasteiger partial charge is 0.300 e. The van der Waals surface area contributed by atoms with Crippen LogP contribution >= 0.6 is 0 Å². The summed E-state index contributed by atoms with van der Waals surface area (Å²) in [6.45, 7) is 8.89. The number of rotatable bonds is 10. The highest BCUT2D eigenvalue weighted by molar-refractivity contribution is 5.92. The van der Waals surface area contributed by atoms with Gasteiger partial charge in [-0.1, -0.05) is 5.92 Å². The Bertz CT molecular complexity index is 1280. The molecule has 2 aromatic carbocycles. The maximum Gasteiger partial charge on any atom is 0.300 e. The van der Waals surface area contributed by atoms with E-state index in [0.29, 0.717) is 59.2 Å². The number of aliphatic hydroxyl groups is 1. The van der Waals surface area contributed by atoms with Crippen LogP contribution in [0.3, 0.4) is 0 Å². The minimum atomic E-state index is -3.51. The van der Waals surface area contributed by atoms with Gasteiger partial charge in [-0.2, -0.15) is 8.78 Å².